The molecule has 0 radical (unpaired) electrons. The molecule has 0 aliphatic carbocycles. The average Bonchev–Trinajstić information content (AvgIpc) is 2.88. The van der Waals surface area contributed by atoms with Crippen LogP contribution in [0.5, 0.6) is 0 Å². The van der Waals surface area contributed by atoms with E-state index in [9.17, 15) is 4.79 Å². The second-order valence-corrected chi connectivity index (χ2v) is 5.32. The van der Waals surface area contributed by atoms with Crippen LogP contribution in [0.15, 0.2) is 42.7 Å². The lowest BCUT2D eigenvalue weighted by atomic mass is 9.97. The lowest BCUT2D eigenvalue weighted by molar-refractivity contribution is -0.115. The van der Waals surface area contributed by atoms with E-state index in [0.29, 0.717) is 6.42 Å². The number of aromatic nitrogens is 1. The largest absolute Gasteiger partial charge is 0.326 e. The van der Waals surface area contributed by atoms with Crippen LogP contribution in [0.4, 0.5) is 5.69 Å². The Kier molecular flexibility index (Phi) is 3.97. The number of hydrogen-bond acceptors (Lipinski definition) is 3. The molecule has 2 aromatic rings. The Balaban J connectivity index is 1.93. The quantitative estimate of drug-likeness (QED) is 0.886. The first-order chi connectivity index (χ1) is 10.3. The van der Waals surface area contributed by atoms with Gasteiger partial charge in [0.25, 0.3) is 0 Å². The zero-order valence-corrected chi connectivity index (χ0v) is 12.1. The number of carbonyl (C=O) groups is 1. The molecule has 0 saturated carbocycles. The van der Waals surface area contributed by atoms with Gasteiger partial charge in [0.1, 0.15) is 0 Å². The topological polar surface area (TPSA) is 54.0 Å². The van der Waals surface area contributed by atoms with Crippen molar-refractivity contribution in [2.75, 3.05) is 11.9 Å². The monoisotopic (exact) mass is 281 g/mol. The van der Waals surface area contributed by atoms with Gasteiger partial charge in [-0.05, 0) is 41.8 Å². The molecule has 0 bridgehead atoms. The molecule has 2 heterocycles. The minimum absolute atomic E-state index is 0.0709. The van der Waals surface area contributed by atoms with E-state index in [1.807, 2.05) is 18.3 Å². The summed E-state index contributed by atoms with van der Waals surface area (Å²) in [6.45, 7) is 3.09. The molecule has 1 amide bonds. The number of nitrogens with zero attached hydrogens (tertiary/aromatic N) is 1. The second-order valence-electron chi connectivity index (χ2n) is 5.32. The van der Waals surface area contributed by atoms with Crippen molar-refractivity contribution in [3.8, 4) is 0 Å². The van der Waals surface area contributed by atoms with Gasteiger partial charge in [0.15, 0.2) is 0 Å². The maximum atomic E-state index is 11.5. The highest BCUT2D eigenvalue weighted by molar-refractivity contribution is 5.99. The number of fused-ring (bicyclic) bond motifs is 1. The number of benzene rings is 1. The SMILES string of the molecule is CCCNC(c1cccnc1)c1ccc2c(c1)CC(=O)N2. The van der Waals surface area contributed by atoms with Gasteiger partial charge in [-0.2, -0.15) is 0 Å². The Morgan fingerprint density at radius 1 is 1.33 bits per heavy atom. The molecule has 1 unspecified atom stereocenters. The van der Waals surface area contributed by atoms with Crippen LogP contribution in [0, 0.1) is 0 Å². The van der Waals surface area contributed by atoms with E-state index >= 15 is 0 Å². The fraction of sp³-hybridized carbons (Fsp3) is 0.294. The number of pyridine rings is 1. The summed E-state index contributed by atoms with van der Waals surface area (Å²) in [5.41, 5.74) is 4.32. The van der Waals surface area contributed by atoms with Crippen molar-refractivity contribution in [3.63, 3.8) is 0 Å². The average molecular weight is 281 g/mol. The summed E-state index contributed by atoms with van der Waals surface area (Å²) >= 11 is 0. The maximum Gasteiger partial charge on any atom is 0.228 e. The highest BCUT2D eigenvalue weighted by atomic mass is 16.1. The van der Waals surface area contributed by atoms with E-state index in [4.69, 9.17) is 0 Å². The number of anilines is 1. The summed E-state index contributed by atoms with van der Waals surface area (Å²) in [7, 11) is 0. The molecule has 1 atom stereocenters. The van der Waals surface area contributed by atoms with Crippen LogP contribution in [0.1, 0.15) is 36.1 Å². The van der Waals surface area contributed by atoms with Crippen LogP contribution < -0.4 is 10.6 Å². The van der Waals surface area contributed by atoms with Crippen molar-refractivity contribution in [2.24, 2.45) is 0 Å². The van der Waals surface area contributed by atoms with E-state index in [-0.39, 0.29) is 11.9 Å². The Hall–Kier alpha value is -2.20. The predicted octanol–water partition coefficient (Wildman–Crippen LogP) is 2.67. The van der Waals surface area contributed by atoms with Crippen LogP contribution in [-0.2, 0) is 11.2 Å². The number of amides is 1. The molecule has 4 heteroatoms. The van der Waals surface area contributed by atoms with Crippen LogP contribution in [0.3, 0.4) is 0 Å². The van der Waals surface area contributed by atoms with E-state index in [2.05, 4.69) is 40.7 Å². The molecule has 1 aliphatic heterocycles. The van der Waals surface area contributed by atoms with Crippen LogP contribution in [-0.4, -0.2) is 17.4 Å². The van der Waals surface area contributed by atoms with Crippen molar-refractivity contribution in [1.82, 2.24) is 10.3 Å². The van der Waals surface area contributed by atoms with Gasteiger partial charge in [-0.3, -0.25) is 9.78 Å². The molecule has 21 heavy (non-hydrogen) atoms. The van der Waals surface area contributed by atoms with Crippen molar-refractivity contribution >= 4 is 11.6 Å². The molecule has 1 aromatic heterocycles. The smallest absolute Gasteiger partial charge is 0.228 e. The van der Waals surface area contributed by atoms with Crippen molar-refractivity contribution in [2.45, 2.75) is 25.8 Å². The molecule has 3 rings (SSSR count). The van der Waals surface area contributed by atoms with E-state index < -0.39 is 0 Å². The minimum Gasteiger partial charge on any atom is -0.326 e. The summed E-state index contributed by atoms with van der Waals surface area (Å²) < 4.78 is 0. The normalized spacial score (nSPS) is 14.6. The molecule has 4 nitrogen and oxygen atoms in total. The fourth-order valence-electron chi connectivity index (χ4n) is 2.69. The van der Waals surface area contributed by atoms with Crippen LogP contribution in [0.2, 0.25) is 0 Å². The molecular weight excluding hydrogens is 262 g/mol. The Labute approximate surface area is 124 Å². The molecule has 0 saturated heterocycles. The zero-order chi connectivity index (χ0) is 14.7. The Morgan fingerprint density at radius 3 is 3.00 bits per heavy atom. The number of rotatable bonds is 5. The van der Waals surface area contributed by atoms with Crippen molar-refractivity contribution in [1.29, 1.82) is 0 Å². The number of carbonyl (C=O) groups excluding carboxylic acids is 1. The van der Waals surface area contributed by atoms with E-state index in [1.54, 1.807) is 6.20 Å². The molecule has 2 N–H and O–H groups in total. The highest BCUT2D eigenvalue weighted by Gasteiger charge is 2.20. The molecule has 1 aromatic carbocycles. The number of nitrogens with one attached hydrogen (secondary N) is 2. The van der Waals surface area contributed by atoms with Gasteiger partial charge in [0, 0.05) is 18.1 Å². The minimum atomic E-state index is 0.0709. The Bertz CT molecular complexity index is 640. The summed E-state index contributed by atoms with van der Waals surface area (Å²) in [4.78, 5) is 15.7. The molecule has 0 spiro atoms. The molecule has 0 fully saturated rings. The van der Waals surface area contributed by atoms with Gasteiger partial charge in [-0.15, -0.1) is 0 Å². The van der Waals surface area contributed by atoms with Gasteiger partial charge in [0.2, 0.25) is 5.91 Å². The first-order valence-electron chi connectivity index (χ1n) is 7.34. The summed E-state index contributed by atoms with van der Waals surface area (Å²) in [6, 6.07) is 10.3. The fourth-order valence-corrected chi connectivity index (χ4v) is 2.69. The van der Waals surface area contributed by atoms with Gasteiger partial charge in [-0.1, -0.05) is 25.1 Å². The summed E-state index contributed by atoms with van der Waals surface area (Å²) in [6.07, 6.45) is 5.22. The highest BCUT2D eigenvalue weighted by Crippen LogP contribution is 2.29. The first kappa shape index (κ1) is 13.8. The first-order valence-corrected chi connectivity index (χ1v) is 7.34. The maximum absolute atomic E-state index is 11.5. The van der Waals surface area contributed by atoms with E-state index in [0.717, 1.165) is 29.8 Å². The molecule has 108 valence electrons. The van der Waals surface area contributed by atoms with Crippen molar-refractivity contribution < 1.29 is 4.79 Å². The Morgan fingerprint density at radius 2 is 2.24 bits per heavy atom. The van der Waals surface area contributed by atoms with Crippen LogP contribution >= 0.6 is 0 Å². The second kappa shape index (κ2) is 6.06. The third-order valence-electron chi connectivity index (χ3n) is 3.70. The summed E-state index contributed by atoms with van der Waals surface area (Å²) in [5.74, 6) is 0.0709. The van der Waals surface area contributed by atoms with Gasteiger partial charge in [0.05, 0.1) is 12.5 Å². The summed E-state index contributed by atoms with van der Waals surface area (Å²) in [5, 5.41) is 6.43. The lowest BCUT2D eigenvalue weighted by Gasteiger charge is -2.20. The van der Waals surface area contributed by atoms with Gasteiger partial charge >= 0.3 is 0 Å². The zero-order valence-electron chi connectivity index (χ0n) is 12.1. The number of hydrogen-bond donors (Lipinski definition) is 2. The predicted molar refractivity (Wildman–Crippen MR) is 83.1 cm³/mol. The standard InChI is InChI=1S/C17H19N3O/c1-2-7-19-17(13-4-3-8-18-11-13)12-5-6-15-14(9-12)10-16(21)20-15/h3-6,8-9,11,17,19H,2,7,10H2,1H3,(H,20,21). The lowest BCUT2D eigenvalue weighted by Crippen LogP contribution is -2.23. The third kappa shape index (κ3) is 2.95. The van der Waals surface area contributed by atoms with Crippen molar-refractivity contribution in [3.05, 3.63) is 59.4 Å². The molecule has 1 aliphatic rings. The van der Waals surface area contributed by atoms with Gasteiger partial charge < -0.3 is 10.6 Å². The third-order valence-corrected chi connectivity index (χ3v) is 3.70. The van der Waals surface area contributed by atoms with E-state index in [1.165, 1.54) is 5.56 Å². The van der Waals surface area contributed by atoms with Gasteiger partial charge in [-0.25, -0.2) is 0 Å². The van der Waals surface area contributed by atoms with Crippen LogP contribution in [0.25, 0.3) is 0 Å². The molecular formula is C17H19N3O.